The lowest BCUT2D eigenvalue weighted by molar-refractivity contribution is 0.764. The molecule has 4 heterocycles. The number of allylic oxidation sites excluding steroid dienone is 2. The van der Waals surface area contributed by atoms with E-state index < -0.39 is 5.83 Å². The van der Waals surface area contributed by atoms with Crippen molar-refractivity contribution in [2.24, 2.45) is 0 Å². The van der Waals surface area contributed by atoms with Gasteiger partial charge < -0.3 is 10.7 Å². The van der Waals surface area contributed by atoms with Gasteiger partial charge in [0.1, 0.15) is 11.5 Å². The number of thiophene rings is 1. The zero-order chi connectivity index (χ0) is 24.7. The Bertz CT molecular complexity index is 1740. The number of hydrogen-bond acceptors (Lipinski definition) is 5. The minimum absolute atomic E-state index is 0.165. The second-order valence-electron chi connectivity index (χ2n) is 8.18. The van der Waals surface area contributed by atoms with Gasteiger partial charge in [0.2, 0.25) is 0 Å². The number of para-hydroxylation sites is 1. The summed E-state index contributed by atoms with van der Waals surface area (Å²) in [4.78, 5) is 14.4. The van der Waals surface area contributed by atoms with Crippen LogP contribution < -0.4 is 16.3 Å². The van der Waals surface area contributed by atoms with Crippen molar-refractivity contribution in [1.29, 1.82) is 0 Å². The predicted molar refractivity (Wildman–Crippen MR) is 143 cm³/mol. The van der Waals surface area contributed by atoms with Crippen molar-refractivity contribution in [3.05, 3.63) is 83.0 Å². The molecule has 0 fully saturated rings. The molecule has 5 rings (SSSR count). The van der Waals surface area contributed by atoms with Gasteiger partial charge in [-0.15, -0.1) is 11.3 Å². The highest BCUT2D eigenvalue weighted by atomic mass is 32.1. The number of nitrogens with zero attached hydrogens (tertiary/aromatic N) is 3. The number of nitrogen functional groups attached to an aromatic ring is 1. The zero-order valence-electron chi connectivity index (χ0n) is 19.3. The van der Waals surface area contributed by atoms with Gasteiger partial charge in [0.05, 0.1) is 27.3 Å². The highest BCUT2D eigenvalue weighted by molar-refractivity contribution is 7.16. The van der Waals surface area contributed by atoms with E-state index in [0.29, 0.717) is 28.1 Å². The topological polar surface area (TPSA) is 96.3 Å². The molecule has 0 saturated carbocycles. The minimum Gasteiger partial charge on any atom is -0.397 e. The molecule has 8 heteroatoms. The number of H-pyrrole nitrogens is 2. The Kier molecular flexibility index (Phi) is 5.66. The maximum atomic E-state index is 15.9. The normalized spacial score (nSPS) is 12.8. The Hall–Kier alpha value is -4.30. The summed E-state index contributed by atoms with van der Waals surface area (Å²) in [5.74, 6) is -0.0728. The average molecular weight is 483 g/mol. The van der Waals surface area contributed by atoms with Crippen LogP contribution in [0.5, 0.6) is 0 Å². The number of pyridine rings is 1. The number of hydrogen-bond donors (Lipinski definition) is 3. The third kappa shape index (κ3) is 3.98. The first-order chi connectivity index (χ1) is 16.9. The average Bonchev–Trinajstić information content (AvgIpc) is 3.60. The molecule has 0 saturated heterocycles. The van der Waals surface area contributed by atoms with Crippen molar-refractivity contribution in [3.63, 3.8) is 0 Å². The number of aromatic amines is 2. The van der Waals surface area contributed by atoms with Crippen molar-refractivity contribution < 1.29 is 4.39 Å². The number of benzene rings is 1. The molecular weight excluding hydrogens is 459 g/mol. The van der Waals surface area contributed by atoms with E-state index >= 15 is 4.39 Å². The van der Waals surface area contributed by atoms with Crippen LogP contribution in [0.4, 0.5) is 10.1 Å². The summed E-state index contributed by atoms with van der Waals surface area (Å²) in [6.45, 7) is 11.8. The van der Waals surface area contributed by atoms with Gasteiger partial charge in [-0.05, 0) is 43.7 Å². The number of anilines is 1. The lowest BCUT2D eigenvalue weighted by Crippen LogP contribution is -2.26. The molecule has 0 spiro atoms. The third-order valence-corrected chi connectivity index (χ3v) is 6.98. The highest BCUT2D eigenvalue weighted by Crippen LogP contribution is 2.35. The Labute approximate surface area is 205 Å². The summed E-state index contributed by atoms with van der Waals surface area (Å²) < 4.78 is 15.9. The van der Waals surface area contributed by atoms with Crippen molar-refractivity contribution in [2.45, 2.75) is 13.8 Å². The molecule has 0 amide bonds. The molecule has 0 aliphatic carbocycles. The molecule has 35 heavy (non-hydrogen) atoms. The number of fused-ring (bicyclic) bond motifs is 1. The summed E-state index contributed by atoms with van der Waals surface area (Å²) in [6, 6.07) is 11.7. The van der Waals surface area contributed by atoms with Crippen LogP contribution >= 0.6 is 11.3 Å². The van der Waals surface area contributed by atoms with Crippen molar-refractivity contribution in [3.8, 4) is 22.0 Å². The fourth-order valence-electron chi connectivity index (χ4n) is 3.91. The summed E-state index contributed by atoms with van der Waals surface area (Å²) in [5.41, 5.74) is 10.9. The lowest BCUT2D eigenvalue weighted by atomic mass is 10.1. The fourth-order valence-corrected chi connectivity index (χ4v) is 4.87. The van der Waals surface area contributed by atoms with Crippen molar-refractivity contribution >= 4 is 51.1 Å². The number of nitrogens with two attached hydrogens (primary N) is 1. The van der Waals surface area contributed by atoms with Crippen LogP contribution in [0.25, 0.3) is 56.0 Å². The maximum Gasteiger partial charge on any atom is 0.159 e. The van der Waals surface area contributed by atoms with Crippen LogP contribution in [-0.4, -0.2) is 25.1 Å². The molecule has 0 unspecified atom stereocenters. The molecular formula is C27H23FN6S. The maximum absolute atomic E-state index is 15.9. The van der Waals surface area contributed by atoms with Gasteiger partial charge in [-0.3, -0.25) is 10.1 Å². The van der Waals surface area contributed by atoms with Crippen LogP contribution in [0, 0.1) is 0 Å². The Morgan fingerprint density at radius 1 is 1.17 bits per heavy atom. The van der Waals surface area contributed by atoms with E-state index in [-0.39, 0.29) is 10.8 Å². The zero-order valence-corrected chi connectivity index (χ0v) is 20.1. The molecule has 1 aromatic carbocycles. The summed E-state index contributed by atoms with van der Waals surface area (Å²) >= 11 is 1.66. The fraction of sp³-hybridized carbons (Fsp3) is 0.0741. The SMILES string of the molecule is C=C(/C(F)=c1/c(-c2nc3c(-c4ccc(C(=C)C)s4)cccc3[nH]2)n[nH]/c1=C/C)c1cncc(N)c1. The Morgan fingerprint density at radius 2 is 2.00 bits per heavy atom. The van der Waals surface area contributed by atoms with Crippen LogP contribution in [0.2, 0.25) is 0 Å². The largest absolute Gasteiger partial charge is 0.397 e. The summed E-state index contributed by atoms with van der Waals surface area (Å²) in [6.07, 6.45) is 4.79. The first-order valence-electron chi connectivity index (χ1n) is 10.9. The third-order valence-electron chi connectivity index (χ3n) is 5.70. The Morgan fingerprint density at radius 3 is 2.71 bits per heavy atom. The quantitative estimate of drug-likeness (QED) is 0.317. The van der Waals surface area contributed by atoms with E-state index in [1.807, 2.05) is 32.0 Å². The van der Waals surface area contributed by atoms with Gasteiger partial charge in [0.15, 0.2) is 5.82 Å². The van der Waals surface area contributed by atoms with E-state index in [1.54, 1.807) is 23.5 Å². The summed E-state index contributed by atoms with van der Waals surface area (Å²) in [7, 11) is 0. The molecule has 0 radical (unpaired) electrons. The molecule has 4 aromatic heterocycles. The molecule has 0 aliphatic rings. The lowest BCUT2D eigenvalue weighted by Gasteiger charge is -2.04. The first kappa shape index (κ1) is 22.5. The predicted octanol–water partition coefficient (Wildman–Crippen LogP) is 5.28. The number of halogens is 1. The molecule has 5 aromatic rings. The highest BCUT2D eigenvalue weighted by Gasteiger charge is 2.18. The smallest absolute Gasteiger partial charge is 0.159 e. The molecule has 0 bridgehead atoms. The van der Waals surface area contributed by atoms with Gasteiger partial charge in [-0.1, -0.05) is 31.4 Å². The van der Waals surface area contributed by atoms with E-state index in [4.69, 9.17) is 10.7 Å². The Balaban J connectivity index is 1.69. The van der Waals surface area contributed by atoms with Gasteiger partial charge in [-0.25, -0.2) is 9.37 Å². The van der Waals surface area contributed by atoms with Crippen LogP contribution in [-0.2, 0) is 0 Å². The molecule has 4 N–H and O–H groups in total. The van der Waals surface area contributed by atoms with Gasteiger partial charge in [0, 0.05) is 38.8 Å². The second kappa shape index (κ2) is 8.81. The standard InChI is InChI=1S/C27H23FN6S/c1-5-19-23(24(28)15(4)16-11-17(29)13-30-12-16)26(34-33-19)27-31-20-8-6-7-18(25(20)32-27)22-10-9-21(35-22)14(2)3/h5-13,33H,2,4,29H2,1,3H3,(H,31,32)/b19-5+,24-23-. The van der Waals surface area contributed by atoms with E-state index in [1.165, 1.54) is 12.4 Å². The second-order valence-corrected chi connectivity index (χ2v) is 9.26. The molecule has 0 atom stereocenters. The minimum atomic E-state index is -0.528. The van der Waals surface area contributed by atoms with E-state index in [9.17, 15) is 0 Å². The van der Waals surface area contributed by atoms with Crippen LogP contribution in [0.3, 0.4) is 0 Å². The first-order valence-corrected chi connectivity index (χ1v) is 11.7. The number of rotatable bonds is 5. The van der Waals surface area contributed by atoms with Crippen LogP contribution in [0.1, 0.15) is 24.3 Å². The number of nitrogens with one attached hydrogen (secondary N) is 2. The van der Waals surface area contributed by atoms with Gasteiger partial charge >= 0.3 is 0 Å². The van der Waals surface area contributed by atoms with E-state index in [2.05, 4.69) is 45.5 Å². The number of aromatic nitrogens is 5. The molecule has 6 nitrogen and oxygen atoms in total. The monoisotopic (exact) mass is 482 g/mol. The van der Waals surface area contributed by atoms with Crippen LogP contribution in [0.15, 0.2) is 61.9 Å². The molecule has 0 aliphatic heterocycles. The molecule has 174 valence electrons. The van der Waals surface area contributed by atoms with E-state index in [0.717, 1.165) is 31.9 Å². The van der Waals surface area contributed by atoms with Crippen molar-refractivity contribution in [1.82, 2.24) is 25.1 Å². The van der Waals surface area contributed by atoms with Gasteiger partial charge in [-0.2, -0.15) is 5.10 Å². The van der Waals surface area contributed by atoms with Crippen molar-refractivity contribution in [2.75, 3.05) is 5.73 Å². The van der Waals surface area contributed by atoms with Gasteiger partial charge in [0.25, 0.3) is 0 Å². The summed E-state index contributed by atoms with van der Waals surface area (Å²) in [5, 5.41) is 8.11. The number of imidazole rings is 1.